The van der Waals surface area contributed by atoms with Gasteiger partial charge in [-0.3, -0.25) is 0 Å². The first-order valence-corrected chi connectivity index (χ1v) is 7.36. The van der Waals surface area contributed by atoms with Gasteiger partial charge in [0.05, 0.1) is 6.10 Å². The quantitative estimate of drug-likeness (QED) is 0.827. The number of alkyl halides is 2. The van der Waals surface area contributed by atoms with Gasteiger partial charge < -0.3 is 9.84 Å². The summed E-state index contributed by atoms with van der Waals surface area (Å²) in [7, 11) is 0. The van der Waals surface area contributed by atoms with E-state index < -0.39 is 18.6 Å². The number of hydrogen-bond acceptors (Lipinski definition) is 2. The van der Waals surface area contributed by atoms with Crippen molar-refractivity contribution in [2.24, 2.45) is 0 Å². The van der Waals surface area contributed by atoms with E-state index in [0.717, 1.165) is 10.0 Å². The van der Waals surface area contributed by atoms with Gasteiger partial charge in [-0.1, -0.05) is 40.2 Å². The number of halogens is 3. The molecule has 1 unspecified atom stereocenters. The molecule has 1 N–H and O–H groups in total. The van der Waals surface area contributed by atoms with E-state index in [1.54, 1.807) is 24.3 Å². The SMILES string of the molecule is O[C@H]1CC(c2cccc(C(F)F)c2)Oc2cc(Br)ccc21. The van der Waals surface area contributed by atoms with Crippen LogP contribution >= 0.6 is 15.9 Å². The van der Waals surface area contributed by atoms with Gasteiger partial charge in [0.15, 0.2) is 0 Å². The molecule has 0 radical (unpaired) electrons. The standard InChI is InChI=1S/C16H13BrF2O2/c17-11-4-5-12-13(20)8-14(21-15(12)7-11)9-2-1-3-10(6-9)16(18)19/h1-7,13-14,16,20H,8H2/t13-,14?/m0/s1. The molecule has 0 fully saturated rings. The lowest BCUT2D eigenvalue weighted by Gasteiger charge is -2.30. The van der Waals surface area contributed by atoms with Crippen molar-refractivity contribution in [2.45, 2.75) is 25.1 Å². The molecule has 21 heavy (non-hydrogen) atoms. The number of aliphatic hydroxyl groups is 1. The largest absolute Gasteiger partial charge is 0.485 e. The highest BCUT2D eigenvalue weighted by Gasteiger charge is 2.28. The summed E-state index contributed by atoms with van der Waals surface area (Å²) in [5, 5.41) is 10.2. The zero-order chi connectivity index (χ0) is 15.0. The molecule has 0 bridgehead atoms. The molecule has 110 valence electrons. The van der Waals surface area contributed by atoms with Crippen molar-refractivity contribution in [1.82, 2.24) is 0 Å². The fourth-order valence-corrected chi connectivity index (χ4v) is 2.86. The van der Waals surface area contributed by atoms with Crippen LogP contribution in [0.25, 0.3) is 0 Å². The van der Waals surface area contributed by atoms with Crippen molar-refractivity contribution >= 4 is 15.9 Å². The Bertz CT molecular complexity index is 660. The first-order chi connectivity index (χ1) is 10.0. The Morgan fingerprint density at radius 3 is 2.76 bits per heavy atom. The van der Waals surface area contributed by atoms with Crippen molar-refractivity contribution in [3.8, 4) is 5.75 Å². The lowest BCUT2D eigenvalue weighted by Crippen LogP contribution is -2.19. The number of aliphatic hydroxyl groups excluding tert-OH is 1. The summed E-state index contributed by atoms with van der Waals surface area (Å²) in [6.45, 7) is 0. The van der Waals surface area contributed by atoms with Gasteiger partial charge in [0.1, 0.15) is 11.9 Å². The van der Waals surface area contributed by atoms with Crippen LogP contribution in [0.5, 0.6) is 5.75 Å². The molecule has 2 atom stereocenters. The third kappa shape index (κ3) is 2.94. The molecule has 0 spiro atoms. The van der Waals surface area contributed by atoms with E-state index in [1.807, 2.05) is 6.07 Å². The van der Waals surface area contributed by atoms with E-state index in [-0.39, 0.29) is 5.56 Å². The first kappa shape index (κ1) is 14.5. The zero-order valence-electron chi connectivity index (χ0n) is 11.0. The normalized spacial score (nSPS) is 21.0. The third-order valence-electron chi connectivity index (χ3n) is 3.58. The molecule has 1 heterocycles. The highest BCUT2D eigenvalue weighted by atomic mass is 79.9. The van der Waals surface area contributed by atoms with Crippen LogP contribution in [0.4, 0.5) is 8.78 Å². The summed E-state index contributed by atoms with van der Waals surface area (Å²) in [4.78, 5) is 0. The Kier molecular flexibility index (Phi) is 3.95. The Morgan fingerprint density at radius 1 is 1.19 bits per heavy atom. The van der Waals surface area contributed by atoms with Crippen molar-refractivity contribution < 1.29 is 18.6 Å². The van der Waals surface area contributed by atoms with Crippen LogP contribution in [-0.4, -0.2) is 5.11 Å². The van der Waals surface area contributed by atoms with Gasteiger partial charge in [0.2, 0.25) is 0 Å². The Hall–Kier alpha value is -1.46. The number of rotatable bonds is 2. The van der Waals surface area contributed by atoms with Gasteiger partial charge in [-0.15, -0.1) is 0 Å². The van der Waals surface area contributed by atoms with Crippen LogP contribution in [0, 0.1) is 0 Å². The Labute approximate surface area is 129 Å². The monoisotopic (exact) mass is 354 g/mol. The van der Waals surface area contributed by atoms with E-state index in [1.165, 1.54) is 12.1 Å². The van der Waals surface area contributed by atoms with E-state index in [4.69, 9.17) is 4.74 Å². The van der Waals surface area contributed by atoms with Gasteiger partial charge in [-0.25, -0.2) is 8.78 Å². The minimum Gasteiger partial charge on any atom is -0.485 e. The van der Waals surface area contributed by atoms with Crippen molar-refractivity contribution in [1.29, 1.82) is 0 Å². The predicted octanol–water partition coefficient (Wildman–Crippen LogP) is 4.94. The van der Waals surface area contributed by atoms with Gasteiger partial charge >= 0.3 is 0 Å². The number of benzene rings is 2. The summed E-state index contributed by atoms with van der Waals surface area (Å²) in [6, 6.07) is 11.6. The molecule has 5 heteroatoms. The predicted molar refractivity (Wildman–Crippen MR) is 78.5 cm³/mol. The molecule has 0 saturated carbocycles. The summed E-state index contributed by atoms with van der Waals surface area (Å²) in [6.07, 6.45) is -3.26. The summed E-state index contributed by atoms with van der Waals surface area (Å²) < 4.78 is 32.3. The van der Waals surface area contributed by atoms with Crippen LogP contribution in [0.1, 0.15) is 41.7 Å². The van der Waals surface area contributed by atoms with Gasteiger partial charge in [0, 0.05) is 22.0 Å². The molecule has 0 aliphatic carbocycles. The maximum atomic E-state index is 12.8. The molecule has 0 aromatic heterocycles. The first-order valence-electron chi connectivity index (χ1n) is 6.57. The Balaban J connectivity index is 1.93. The average molecular weight is 355 g/mol. The zero-order valence-corrected chi connectivity index (χ0v) is 12.6. The lowest BCUT2D eigenvalue weighted by molar-refractivity contribution is 0.0654. The molecule has 2 aromatic rings. The van der Waals surface area contributed by atoms with Gasteiger partial charge in [0.25, 0.3) is 6.43 Å². The molecule has 1 aliphatic rings. The van der Waals surface area contributed by atoms with E-state index in [2.05, 4.69) is 15.9 Å². The van der Waals surface area contributed by atoms with Gasteiger partial charge in [-0.2, -0.15) is 0 Å². The maximum absolute atomic E-state index is 12.8. The highest BCUT2D eigenvalue weighted by Crippen LogP contribution is 2.42. The second-order valence-corrected chi connectivity index (χ2v) is 5.93. The topological polar surface area (TPSA) is 29.5 Å². The number of hydrogen-bond donors (Lipinski definition) is 1. The lowest BCUT2D eigenvalue weighted by atomic mass is 9.94. The molecule has 0 saturated heterocycles. The Morgan fingerprint density at radius 2 is 2.00 bits per heavy atom. The third-order valence-corrected chi connectivity index (χ3v) is 4.07. The van der Waals surface area contributed by atoms with Crippen LogP contribution in [0.15, 0.2) is 46.9 Å². The van der Waals surface area contributed by atoms with E-state index in [0.29, 0.717) is 17.7 Å². The van der Waals surface area contributed by atoms with Gasteiger partial charge in [-0.05, 0) is 23.8 Å². The molecule has 0 amide bonds. The summed E-state index contributed by atoms with van der Waals surface area (Å²) >= 11 is 3.36. The maximum Gasteiger partial charge on any atom is 0.263 e. The van der Waals surface area contributed by atoms with Crippen LogP contribution < -0.4 is 4.74 Å². The molecule has 2 nitrogen and oxygen atoms in total. The summed E-state index contributed by atoms with van der Waals surface area (Å²) in [5.41, 5.74) is 1.34. The van der Waals surface area contributed by atoms with Crippen LogP contribution in [0.2, 0.25) is 0 Å². The molecule has 1 aliphatic heterocycles. The van der Waals surface area contributed by atoms with Crippen molar-refractivity contribution in [3.05, 3.63) is 63.6 Å². The van der Waals surface area contributed by atoms with E-state index in [9.17, 15) is 13.9 Å². The smallest absolute Gasteiger partial charge is 0.263 e. The van der Waals surface area contributed by atoms with Crippen molar-refractivity contribution in [3.63, 3.8) is 0 Å². The van der Waals surface area contributed by atoms with E-state index >= 15 is 0 Å². The minimum atomic E-state index is -2.51. The highest BCUT2D eigenvalue weighted by molar-refractivity contribution is 9.10. The molecule has 3 rings (SSSR count). The fourth-order valence-electron chi connectivity index (χ4n) is 2.52. The molecular formula is C16H13BrF2O2. The number of ether oxygens (including phenoxy) is 1. The van der Waals surface area contributed by atoms with Crippen molar-refractivity contribution in [2.75, 3.05) is 0 Å². The number of fused-ring (bicyclic) bond motifs is 1. The second kappa shape index (κ2) is 5.73. The fraction of sp³-hybridized carbons (Fsp3) is 0.250. The minimum absolute atomic E-state index is 0.0365. The van der Waals surface area contributed by atoms with Crippen LogP contribution in [0.3, 0.4) is 0 Å². The molecular weight excluding hydrogens is 342 g/mol. The second-order valence-electron chi connectivity index (χ2n) is 5.01. The van der Waals surface area contributed by atoms with Crippen LogP contribution in [-0.2, 0) is 0 Å². The average Bonchev–Trinajstić information content (AvgIpc) is 2.46. The summed E-state index contributed by atoms with van der Waals surface area (Å²) in [5.74, 6) is 0.579. The molecule has 2 aromatic carbocycles.